The molecule has 0 unspecified atom stereocenters. The Morgan fingerprint density at radius 3 is 2.85 bits per heavy atom. The summed E-state index contributed by atoms with van der Waals surface area (Å²) in [5.74, 6) is 1.88. The van der Waals surface area contributed by atoms with Gasteiger partial charge in [0.1, 0.15) is 5.75 Å². The van der Waals surface area contributed by atoms with Crippen molar-refractivity contribution in [3.05, 3.63) is 27.3 Å². The quantitative estimate of drug-likeness (QED) is 0.775. The van der Waals surface area contributed by atoms with Crippen LogP contribution in [-0.4, -0.2) is 6.61 Å². The molecule has 1 nitrogen and oxygen atoms in total. The van der Waals surface area contributed by atoms with Crippen molar-refractivity contribution in [2.45, 2.75) is 19.8 Å². The third-order valence-electron chi connectivity index (χ3n) is 2.31. The van der Waals surface area contributed by atoms with Crippen molar-refractivity contribution in [2.24, 2.45) is 5.92 Å². The van der Waals surface area contributed by atoms with Crippen LogP contribution in [0.5, 0.6) is 5.75 Å². The van der Waals surface area contributed by atoms with E-state index in [4.69, 9.17) is 4.74 Å². The highest BCUT2D eigenvalue weighted by Crippen LogP contribution is 2.30. The van der Waals surface area contributed by atoms with Gasteiger partial charge in [-0.15, -0.1) is 0 Å². The number of hydrogen-bond donors (Lipinski definition) is 0. The monoisotopic (exact) mass is 288 g/mol. The third-order valence-corrected chi connectivity index (χ3v) is 2.98. The molecule has 1 saturated carbocycles. The second-order valence-electron chi connectivity index (χ2n) is 3.66. The lowest BCUT2D eigenvalue weighted by Gasteiger charge is -2.08. The Morgan fingerprint density at radius 2 is 2.23 bits per heavy atom. The summed E-state index contributed by atoms with van der Waals surface area (Å²) in [4.78, 5) is 0. The van der Waals surface area contributed by atoms with Crippen LogP contribution in [0.25, 0.3) is 0 Å². The number of rotatable bonds is 3. The first-order valence-corrected chi connectivity index (χ1v) is 5.72. The number of benzene rings is 1. The zero-order chi connectivity index (χ0) is 9.26. The number of hydrogen-bond acceptors (Lipinski definition) is 1. The van der Waals surface area contributed by atoms with E-state index in [1.54, 1.807) is 0 Å². The van der Waals surface area contributed by atoms with Gasteiger partial charge in [0.15, 0.2) is 0 Å². The maximum absolute atomic E-state index is 5.71. The maximum atomic E-state index is 5.71. The predicted octanol–water partition coefficient (Wildman–Crippen LogP) is 3.39. The van der Waals surface area contributed by atoms with Crippen molar-refractivity contribution >= 4 is 22.6 Å². The van der Waals surface area contributed by atoms with Gasteiger partial charge in [-0.2, -0.15) is 0 Å². The molecule has 1 aliphatic rings. The zero-order valence-electron chi connectivity index (χ0n) is 7.72. The van der Waals surface area contributed by atoms with Crippen LogP contribution < -0.4 is 4.74 Å². The third kappa shape index (κ3) is 2.59. The Bertz CT molecular complexity index is 305. The molecule has 0 bridgehead atoms. The van der Waals surface area contributed by atoms with Crippen LogP contribution in [0.15, 0.2) is 18.2 Å². The van der Waals surface area contributed by atoms with Crippen LogP contribution in [0.1, 0.15) is 18.4 Å². The summed E-state index contributed by atoms with van der Waals surface area (Å²) in [5.41, 5.74) is 1.24. The molecule has 0 spiro atoms. The van der Waals surface area contributed by atoms with Gasteiger partial charge >= 0.3 is 0 Å². The smallest absolute Gasteiger partial charge is 0.122 e. The minimum Gasteiger partial charge on any atom is -0.493 e. The fraction of sp³-hybridized carbons (Fsp3) is 0.455. The Kier molecular flexibility index (Phi) is 2.77. The highest BCUT2D eigenvalue weighted by molar-refractivity contribution is 14.1. The predicted molar refractivity (Wildman–Crippen MR) is 62.1 cm³/mol. The molecule has 1 aliphatic carbocycles. The first-order chi connectivity index (χ1) is 6.25. The molecule has 0 amide bonds. The van der Waals surface area contributed by atoms with Crippen molar-refractivity contribution in [2.75, 3.05) is 6.61 Å². The topological polar surface area (TPSA) is 9.23 Å². The van der Waals surface area contributed by atoms with Crippen LogP contribution in [0.4, 0.5) is 0 Å². The van der Waals surface area contributed by atoms with Crippen molar-refractivity contribution < 1.29 is 4.74 Å². The molecule has 0 N–H and O–H groups in total. The minimum atomic E-state index is 0.832. The number of ether oxygens (including phenoxy) is 1. The molecule has 0 atom stereocenters. The second-order valence-corrected chi connectivity index (χ2v) is 4.91. The number of halogens is 1. The lowest BCUT2D eigenvalue weighted by atomic mass is 10.2. The molecule has 1 fully saturated rings. The summed E-state index contributed by atoms with van der Waals surface area (Å²) in [6.07, 6.45) is 2.70. The summed E-state index contributed by atoms with van der Waals surface area (Å²) in [5, 5.41) is 0. The minimum absolute atomic E-state index is 0.832. The van der Waals surface area contributed by atoms with E-state index in [-0.39, 0.29) is 0 Å². The highest BCUT2D eigenvalue weighted by atomic mass is 127. The lowest BCUT2D eigenvalue weighted by molar-refractivity contribution is 0.298. The Balaban J connectivity index is 2.01. The summed E-state index contributed by atoms with van der Waals surface area (Å²) in [7, 11) is 0. The fourth-order valence-electron chi connectivity index (χ4n) is 1.27. The van der Waals surface area contributed by atoms with Gasteiger partial charge in [0, 0.05) is 3.57 Å². The Hall–Kier alpha value is -0.250. The zero-order valence-corrected chi connectivity index (χ0v) is 9.87. The van der Waals surface area contributed by atoms with Crippen LogP contribution in [0, 0.1) is 16.4 Å². The van der Waals surface area contributed by atoms with E-state index in [0.29, 0.717) is 0 Å². The van der Waals surface area contributed by atoms with E-state index < -0.39 is 0 Å². The molecule has 70 valence electrons. The van der Waals surface area contributed by atoms with E-state index in [1.807, 2.05) is 0 Å². The van der Waals surface area contributed by atoms with Crippen molar-refractivity contribution in [3.8, 4) is 5.75 Å². The fourth-order valence-corrected chi connectivity index (χ4v) is 1.91. The standard InChI is InChI=1S/C11H13IO/c1-8-6-10(12)4-5-11(8)13-7-9-2-3-9/h4-6,9H,2-3,7H2,1H3. The molecule has 2 heteroatoms. The van der Waals surface area contributed by atoms with E-state index >= 15 is 0 Å². The molecule has 0 aromatic heterocycles. The second kappa shape index (κ2) is 3.86. The van der Waals surface area contributed by atoms with Gasteiger partial charge < -0.3 is 4.74 Å². The van der Waals surface area contributed by atoms with Gasteiger partial charge in [-0.3, -0.25) is 0 Å². The van der Waals surface area contributed by atoms with Crippen molar-refractivity contribution in [1.82, 2.24) is 0 Å². The summed E-state index contributed by atoms with van der Waals surface area (Å²) in [6.45, 7) is 3.01. The molecular formula is C11H13IO. The van der Waals surface area contributed by atoms with Crippen LogP contribution >= 0.6 is 22.6 Å². The molecule has 0 saturated heterocycles. The Labute approximate surface area is 92.6 Å². The van der Waals surface area contributed by atoms with Crippen molar-refractivity contribution in [1.29, 1.82) is 0 Å². The van der Waals surface area contributed by atoms with Crippen molar-refractivity contribution in [3.63, 3.8) is 0 Å². The average Bonchev–Trinajstić information content (AvgIpc) is 2.86. The molecule has 1 aromatic carbocycles. The first kappa shape index (κ1) is 9.31. The van der Waals surface area contributed by atoms with Gasteiger partial charge in [-0.1, -0.05) is 0 Å². The molecule has 13 heavy (non-hydrogen) atoms. The van der Waals surface area contributed by atoms with Crippen LogP contribution in [-0.2, 0) is 0 Å². The molecule has 2 rings (SSSR count). The van der Waals surface area contributed by atoms with Gasteiger partial charge in [0.2, 0.25) is 0 Å². The largest absolute Gasteiger partial charge is 0.493 e. The SMILES string of the molecule is Cc1cc(I)ccc1OCC1CC1. The van der Waals surface area contributed by atoms with E-state index in [9.17, 15) is 0 Å². The molecule has 0 radical (unpaired) electrons. The normalized spacial score (nSPS) is 15.8. The van der Waals surface area contributed by atoms with E-state index in [0.717, 1.165) is 18.3 Å². The molecule has 0 heterocycles. The average molecular weight is 288 g/mol. The summed E-state index contributed by atoms with van der Waals surface area (Å²) < 4.78 is 6.98. The van der Waals surface area contributed by atoms with Gasteiger partial charge in [0.05, 0.1) is 6.61 Å². The first-order valence-electron chi connectivity index (χ1n) is 4.64. The van der Waals surface area contributed by atoms with Crippen LogP contribution in [0.3, 0.4) is 0 Å². The summed E-state index contributed by atoms with van der Waals surface area (Å²) in [6, 6.07) is 6.32. The van der Waals surface area contributed by atoms with E-state index in [2.05, 4.69) is 47.7 Å². The highest BCUT2D eigenvalue weighted by Gasteiger charge is 2.22. The lowest BCUT2D eigenvalue weighted by Crippen LogP contribution is -2.00. The van der Waals surface area contributed by atoms with Crippen LogP contribution in [0.2, 0.25) is 0 Å². The Morgan fingerprint density at radius 1 is 1.46 bits per heavy atom. The summed E-state index contributed by atoms with van der Waals surface area (Å²) >= 11 is 2.32. The van der Waals surface area contributed by atoms with Gasteiger partial charge in [0.25, 0.3) is 0 Å². The maximum Gasteiger partial charge on any atom is 0.122 e. The van der Waals surface area contributed by atoms with E-state index in [1.165, 1.54) is 22.0 Å². The molecule has 1 aromatic rings. The number of aryl methyl sites for hydroxylation is 1. The van der Waals surface area contributed by atoms with Gasteiger partial charge in [-0.25, -0.2) is 0 Å². The molecule has 0 aliphatic heterocycles. The van der Waals surface area contributed by atoms with Gasteiger partial charge in [-0.05, 0) is 72.0 Å². The molecular weight excluding hydrogens is 275 g/mol.